The van der Waals surface area contributed by atoms with Crippen LogP contribution in [-0.4, -0.2) is 37.5 Å². The van der Waals surface area contributed by atoms with Crippen LogP contribution in [0.4, 0.5) is 0 Å². The van der Waals surface area contributed by atoms with Crippen molar-refractivity contribution in [3.05, 3.63) is 24.3 Å². The predicted octanol–water partition coefficient (Wildman–Crippen LogP) is -0.177. The van der Waals surface area contributed by atoms with E-state index in [1.165, 1.54) is 0 Å². The third kappa shape index (κ3) is 1.59. The van der Waals surface area contributed by atoms with E-state index in [0.29, 0.717) is 0 Å². The Kier molecular flexibility index (Phi) is 2.55. The smallest absolute Gasteiger partial charge is 0.254 e. The molecule has 1 unspecified atom stereocenters. The van der Waals surface area contributed by atoms with Crippen molar-refractivity contribution in [3.8, 4) is 0 Å². The van der Waals surface area contributed by atoms with Crippen molar-refractivity contribution in [1.29, 1.82) is 0 Å². The molecule has 1 aromatic heterocycles. The zero-order valence-corrected chi connectivity index (χ0v) is 9.30. The predicted molar refractivity (Wildman–Crippen MR) is 59.9 cm³/mol. The normalized spacial score (nSPS) is 19.3. The van der Waals surface area contributed by atoms with Crippen LogP contribution in [-0.2, 0) is 0 Å². The molecule has 0 bridgehead atoms. The first-order valence-corrected chi connectivity index (χ1v) is 6.12. The quantitative estimate of drug-likeness (QED) is 0.630. The Morgan fingerprint density at radius 1 is 1.38 bits per heavy atom. The fourth-order valence-electron chi connectivity index (χ4n) is 1.59. The molecule has 2 heterocycles. The molecule has 0 radical (unpaired) electrons. The van der Waals surface area contributed by atoms with Gasteiger partial charge in [0.15, 0.2) is 0 Å². The van der Waals surface area contributed by atoms with Crippen molar-refractivity contribution < 1.29 is 4.89 Å². The van der Waals surface area contributed by atoms with E-state index in [2.05, 4.69) is 21.3 Å². The van der Waals surface area contributed by atoms with Gasteiger partial charge in [-0.15, -0.1) is 5.10 Å². The molecule has 0 aliphatic carbocycles. The summed E-state index contributed by atoms with van der Waals surface area (Å²) in [6, 6.07) is 7.57. The number of nitrogens with zero attached hydrogens (tertiary/aromatic N) is 4. The lowest BCUT2D eigenvalue weighted by Gasteiger charge is -2.19. The van der Waals surface area contributed by atoms with Crippen LogP contribution in [0.3, 0.4) is 0 Å². The Bertz CT molecular complexity index is 496. The van der Waals surface area contributed by atoms with Gasteiger partial charge in [-0.25, -0.2) is 5.43 Å². The van der Waals surface area contributed by atoms with Gasteiger partial charge < -0.3 is 4.89 Å². The van der Waals surface area contributed by atoms with Crippen molar-refractivity contribution in [2.45, 2.75) is 0 Å². The molecule has 1 saturated heterocycles. The maximum absolute atomic E-state index is 10.2. The highest BCUT2D eigenvalue weighted by Gasteiger charge is 2.24. The molecule has 0 spiro atoms. The number of nitrogens with one attached hydrogen (secondary N) is 2. The summed E-state index contributed by atoms with van der Waals surface area (Å²) >= 11 is 0. The highest BCUT2D eigenvalue weighted by Crippen LogP contribution is 2.37. The molecule has 0 saturated carbocycles. The van der Waals surface area contributed by atoms with Crippen LogP contribution in [0.25, 0.3) is 11.0 Å². The first-order chi connectivity index (χ1) is 7.86. The van der Waals surface area contributed by atoms with E-state index in [-0.39, 0.29) is 0 Å². The Morgan fingerprint density at radius 2 is 2.25 bits per heavy atom. The van der Waals surface area contributed by atoms with E-state index in [1.54, 1.807) is 9.23 Å². The third-order valence-corrected chi connectivity index (χ3v) is 3.74. The van der Waals surface area contributed by atoms with Crippen LogP contribution in [0.5, 0.6) is 0 Å². The Labute approximate surface area is 92.9 Å². The molecule has 8 heteroatoms. The first kappa shape index (κ1) is 10.1. The molecule has 1 fully saturated rings. The molecule has 1 atom stereocenters. The van der Waals surface area contributed by atoms with Gasteiger partial charge in [-0.05, 0) is 12.1 Å². The minimum atomic E-state index is -1.54. The summed E-state index contributed by atoms with van der Waals surface area (Å²) in [6.07, 6.45) is 0. The van der Waals surface area contributed by atoms with E-state index < -0.39 is 8.45 Å². The molecule has 1 aliphatic heterocycles. The van der Waals surface area contributed by atoms with Gasteiger partial charge in [-0.1, -0.05) is 17.3 Å². The molecule has 1 aromatic carbocycles. The average molecular weight is 238 g/mol. The number of para-hydroxylation sites is 1. The fourth-order valence-corrected chi connectivity index (χ4v) is 2.71. The third-order valence-electron chi connectivity index (χ3n) is 2.38. The van der Waals surface area contributed by atoms with Gasteiger partial charge in [0.2, 0.25) is 0 Å². The van der Waals surface area contributed by atoms with Crippen LogP contribution in [0, 0.1) is 0 Å². The van der Waals surface area contributed by atoms with Gasteiger partial charge in [0, 0.05) is 13.1 Å². The molecule has 3 N–H and O–H groups in total. The second-order valence-corrected chi connectivity index (χ2v) is 4.80. The zero-order valence-electron chi connectivity index (χ0n) is 8.41. The standard InChI is InChI=1S/C8H11N6OP/c15-16(13-6-5-9-11-13)14-8-4-2-1-3-7(8)10-12-14/h1-4,9,11,15H,5-6H2. The molecule has 16 heavy (non-hydrogen) atoms. The average Bonchev–Trinajstić information content (AvgIpc) is 2.98. The molecule has 0 amide bonds. The minimum absolute atomic E-state index is 0.733. The number of benzene rings is 1. The van der Waals surface area contributed by atoms with Crippen LogP contribution in [0.15, 0.2) is 24.3 Å². The molecular weight excluding hydrogens is 227 g/mol. The summed E-state index contributed by atoms with van der Waals surface area (Å²) in [5, 5.41) is 7.98. The summed E-state index contributed by atoms with van der Waals surface area (Å²) in [4.78, 5) is 10.2. The van der Waals surface area contributed by atoms with Crippen molar-refractivity contribution in [3.63, 3.8) is 0 Å². The molecule has 3 rings (SSSR count). The summed E-state index contributed by atoms with van der Waals surface area (Å²) in [6.45, 7) is 1.53. The molecule has 2 aromatic rings. The molecule has 7 nitrogen and oxygen atoms in total. The number of hydrogen-bond acceptors (Lipinski definition) is 6. The minimum Gasteiger partial charge on any atom is -0.341 e. The van der Waals surface area contributed by atoms with Crippen molar-refractivity contribution in [2.75, 3.05) is 13.1 Å². The summed E-state index contributed by atoms with van der Waals surface area (Å²) in [7, 11) is -1.54. The van der Waals surface area contributed by atoms with Gasteiger partial charge >= 0.3 is 0 Å². The first-order valence-electron chi connectivity index (χ1n) is 4.92. The van der Waals surface area contributed by atoms with Crippen LogP contribution in [0.1, 0.15) is 0 Å². The molecule has 1 aliphatic rings. The maximum Gasteiger partial charge on any atom is 0.254 e. The van der Waals surface area contributed by atoms with E-state index >= 15 is 0 Å². The van der Waals surface area contributed by atoms with E-state index in [9.17, 15) is 4.89 Å². The second kappa shape index (κ2) is 4.04. The van der Waals surface area contributed by atoms with Crippen molar-refractivity contribution in [2.24, 2.45) is 0 Å². The zero-order chi connectivity index (χ0) is 11.0. The summed E-state index contributed by atoms with van der Waals surface area (Å²) in [5.41, 5.74) is 7.44. The van der Waals surface area contributed by atoms with Crippen molar-refractivity contribution in [1.82, 2.24) is 30.5 Å². The second-order valence-electron chi connectivity index (χ2n) is 3.40. The van der Waals surface area contributed by atoms with Crippen LogP contribution in [0.2, 0.25) is 0 Å². The Hall–Kier alpha value is -1.11. The lowest BCUT2D eigenvalue weighted by molar-refractivity contribution is 0.356. The van der Waals surface area contributed by atoms with E-state index in [0.717, 1.165) is 24.1 Å². The van der Waals surface area contributed by atoms with Gasteiger partial charge in [-0.3, -0.25) is 0 Å². The fraction of sp³-hybridized carbons (Fsp3) is 0.250. The van der Waals surface area contributed by atoms with Gasteiger partial charge in [0.25, 0.3) is 8.45 Å². The lowest BCUT2D eigenvalue weighted by Crippen LogP contribution is -2.33. The highest BCUT2D eigenvalue weighted by atomic mass is 31.2. The number of fused-ring (bicyclic) bond motifs is 1. The van der Waals surface area contributed by atoms with Gasteiger partial charge in [0.05, 0.1) is 5.52 Å². The van der Waals surface area contributed by atoms with E-state index in [1.807, 2.05) is 24.3 Å². The van der Waals surface area contributed by atoms with Crippen LogP contribution >= 0.6 is 8.45 Å². The number of rotatable bonds is 2. The number of hydrazine groups is 2. The monoisotopic (exact) mass is 238 g/mol. The highest BCUT2D eigenvalue weighted by molar-refractivity contribution is 7.47. The SMILES string of the molecule is OP(N1CCNN1)n1nnc2ccccc21. The summed E-state index contributed by atoms with van der Waals surface area (Å²) in [5.74, 6) is 0. The number of aromatic nitrogens is 3. The lowest BCUT2D eigenvalue weighted by atomic mass is 10.3. The van der Waals surface area contributed by atoms with Gasteiger partial charge in [-0.2, -0.15) is 14.8 Å². The Balaban J connectivity index is 1.98. The largest absolute Gasteiger partial charge is 0.341 e. The molecular formula is C8H11N6OP. The Morgan fingerprint density at radius 3 is 3.06 bits per heavy atom. The van der Waals surface area contributed by atoms with Gasteiger partial charge in [0.1, 0.15) is 5.52 Å². The maximum atomic E-state index is 10.2. The number of hydrogen-bond donors (Lipinski definition) is 3. The van der Waals surface area contributed by atoms with Crippen LogP contribution < -0.4 is 11.0 Å². The summed E-state index contributed by atoms with van der Waals surface area (Å²) < 4.78 is 3.26. The molecule has 84 valence electrons. The van der Waals surface area contributed by atoms with Crippen molar-refractivity contribution >= 4 is 19.5 Å². The van der Waals surface area contributed by atoms with E-state index in [4.69, 9.17) is 0 Å². The topological polar surface area (TPSA) is 78.2 Å².